The Hall–Kier alpha value is -3.22. The van der Waals surface area contributed by atoms with E-state index in [2.05, 4.69) is 4.74 Å². The van der Waals surface area contributed by atoms with Gasteiger partial charge in [0.2, 0.25) is 0 Å². The normalized spacial score (nSPS) is 22.5. The molecule has 0 amide bonds. The van der Waals surface area contributed by atoms with Crippen LogP contribution in [0.1, 0.15) is 43.7 Å². The molecule has 6 unspecified atom stereocenters. The fourth-order valence-corrected chi connectivity index (χ4v) is 9.83. The number of halogens is 5. The quantitative estimate of drug-likeness (QED) is 0.0574. The number of carbonyl (C=O) groups excluding carboxylic acids is 4. The number of carbonyl (C=O) groups is 4. The van der Waals surface area contributed by atoms with Gasteiger partial charge in [0.1, 0.15) is 13.2 Å². The molecule has 7 rings (SSSR count). The summed E-state index contributed by atoms with van der Waals surface area (Å²) >= 11 is 5.33. The molecule has 18 heteroatoms. The van der Waals surface area contributed by atoms with Gasteiger partial charge in [0.25, 0.3) is 0 Å². The Labute approximate surface area is 347 Å². The van der Waals surface area contributed by atoms with Crippen molar-refractivity contribution in [1.29, 1.82) is 0 Å². The van der Waals surface area contributed by atoms with E-state index in [1.54, 1.807) is 45.2 Å². The number of hydrogen-bond donors (Lipinski definition) is 0. The number of ether oxygens (including phenoxy) is 4. The minimum Gasteiger partial charge on any atom is -0.872 e. The van der Waals surface area contributed by atoms with Gasteiger partial charge in [-0.25, -0.2) is 18.0 Å². The fraction of sp³-hybridized carbons (Fsp3) is 0.278. The molecule has 0 aromatic heterocycles. The highest BCUT2D eigenvalue weighted by Crippen LogP contribution is 2.62. The lowest BCUT2D eigenvalue weighted by Crippen LogP contribution is -2.54. The Morgan fingerprint density at radius 3 is 1.80 bits per heavy atom. The van der Waals surface area contributed by atoms with Crippen LogP contribution in [0.15, 0.2) is 78.9 Å². The highest BCUT2D eigenvalue weighted by atomic mass is 127. The third-order valence-corrected chi connectivity index (χ3v) is 12.7. The molecule has 54 heavy (non-hydrogen) atoms. The molecule has 0 N–H and O–H groups in total. The number of allylic oxidation sites excluding steroid dienone is 4. The average Bonchev–Trinajstić information content (AvgIpc) is 3.13. The van der Waals surface area contributed by atoms with Crippen molar-refractivity contribution >= 4 is 102 Å². The van der Waals surface area contributed by atoms with Crippen molar-refractivity contribution in [2.75, 3.05) is 19.8 Å². The summed E-state index contributed by atoms with van der Waals surface area (Å²) in [6.45, 7) is -2.60. The van der Waals surface area contributed by atoms with E-state index >= 15 is 0 Å². The molecule has 4 aliphatic rings. The van der Waals surface area contributed by atoms with Crippen LogP contribution >= 0.6 is 67.8 Å². The zero-order valence-corrected chi connectivity index (χ0v) is 34.6. The lowest BCUT2D eigenvalue weighted by molar-refractivity contribution is -0.269. The van der Waals surface area contributed by atoms with Crippen LogP contribution in [0.3, 0.4) is 0 Å². The molecular formula is C36H25F2I3O12S-2. The van der Waals surface area contributed by atoms with Crippen LogP contribution in [-0.4, -0.2) is 61.9 Å². The predicted molar refractivity (Wildman–Crippen MR) is 206 cm³/mol. The number of benzene rings is 3. The second kappa shape index (κ2) is 16.1. The number of fused-ring (bicyclic) bond motifs is 1. The van der Waals surface area contributed by atoms with Crippen molar-refractivity contribution < 1.29 is 65.0 Å². The SMILES string of the molecule is O=C(OCCOC(=O)C1C(C(=O)Oc2c(I)cc(C(=O)OCC(F)(F)S(=O)(=O)[O-])cc2I)C2c3ccccc3C1C1C=CC=CC12)c1ccc([O-])c(I)c1. The summed E-state index contributed by atoms with van der Waals surface area (Å²) in [5, 5.41) is 6.86. The molecule has 0 aliphatic heterocycles. The third kappa shape index (κ3) is 8.03. The maximum absolute atomic E-state index is 14.4. The standard InChI is InChI=1S/C36H27F2I3O12S/c37-36(38,54(47,48)49)16-52-33(44)18-14-24(40)31(25(41)15-18)53-35(46)30-28-21-7-3-1-5-19(21)27(20-6-2-4-8-22(20)28)29(30)34(45)51-12-11-50-32(43)17-9-10-26(42)23(39)13-17/h1-10,13-15,19,21,27-30,42H,11-12,16H2,(H,47,48,49)/p-2. The smallest absolute Gasteiger partial charge is 0.367 e. The maximum atomic E-state index is 14.4. The van der Waals surface area contributed by atoms with Gasteiger partial charge in [-0.15, -0.1) is 0 Å². The minimum absolute atomic E-state index is 0.00859. The first kappa shape index (κ1) is 40.4. The van der Waals surface area contributed by atoms with Gasteiger partial charge in [0.15, 0.2) is 22.5 Å². The van der Waals surface area contributed by atoms with Gasteiger partial charge in [-0.05, 0) is 115 Å². The predicted octanol–water partition coefficient (Wildman–Crippen LogP) is 5.66. The van der Waals surface area contributed by atoms with E-state index in [0.717, 1.165) is 11.1 Å². The van der Waals surface area contributed by atoms with Gasteiger partial charge in [0.05, 0.1) is 30.1 Å². The molecule has 284 valence electrons. The minimum atomic E-state index is -6.08. The number of hydrogen-bond acceptors (Lipinski definition) is 12. The van der Waals surface area contributed by atoms with Crippen LogP contribution in [0.25, 0.3) is 0 Å². The lowest BCUT2D eigenvalue weighted by Gasteiger charge is -2.54. The highest BCUT2D eigenvalue weighted by molar-refractivity contribution is 14.1. The van der Waals surface area contributed by atoms with E-state index in [9.17, 15) is 46.0 Å². The molecular weight excluding hydrogens is 1080 g/mol. The summed E-state index contributed by atoms with van der Waals surface area (Å²) in [7, 11) is -6.08. The molecule has 3 aromatic rings. The lowest BCUT2D eigenvalue weighted by atomic mass is 9.48. The van der Waals surface area contributed by atoms with Crippen molar-refractivity contribution in [1.82, 2.24) is 0 Å². The summed E-state index contributed by atoms with van der Waals surface area (Å²) in [5.41, 5.74) is 1.64. The topological polar surface area (TPSA) is 185 Å². The largest absolute Gasteiger partial charge is 0.872 e. The first-order valence-corrected chi connectivity index (χ1v) is 20.6. The first-order chi connectivity index (χ1) is 25.5. The van der Waals surface area contributed by atoms with Crippen LogP contribution in [0.2, 0.25) is 0 Å². The Morgan fingerprint density at radius 2 is 1.24 bits per heavy atom. The molecule has 1 fully saturated rings. The van der Waals surface area contributed by atoms with Crippen LogP contribution in [-0.2, 0) is 33.9 Å². The molecule has 4 aliphatic carbocycles. The summed E-state index contributed by atoms with van der Waals surface area (Å²) in [6, 6.07) is 13.8. The highest BCUT2D eigenvalue weighted by Gasteiger charge is 2.61. The van der Waals surface area contributed by atoms with Crippen molar-refractivity contribution in [3.05, 3.63) is 112 Å². The van der Waals surface area contributed by atoms with Crippen LogP contribution in [0.5, 0.6) is 11.5 Å². The number of rotatable bonds is 11. The van der Waals surface area contributed by atoms with E-state index < -0.39 is 69.5 Å². The van der Waals surface area contributed by atoms with E-state index in [0.29, 0.717) is 3.57 Å². The van der Waals surface area contributed by atoms with E-state index in [1.165, 1.54) is 30.3 Å². The monoisotopic (exact) mass is 1100 g/mol. The maximum Gasteiger partial charge on any atom is 0.367 e. The fourth-order valence-electron chi connectivity index (χ4n) is 7.12. The van der Waals surface area contributed by atoms with E-state index in [-0.39, 0.29) is 54.8 Å². The molecule has 3 aromatic carbocycles. The van der Waals surface area contributed by atoms with Crippen LogP contribution in [0, 0.1) is 34.4 Å². The van der Waals surface area contributed by atoms with Crippen molar-refractivity contribution in [2.24, 2.45) is 23.7 Å². The molecule has 0 saturated heterocycles. The van der Waals surface area contributed by atoms with Crippen molar-refractivity contribution in [3.63, 3.8) is 0 Å². The zero-order valence-electron chi connectivity index (χ0n) is 27.3. The first-order valence-electron chi connectivity index (χ1n) is 16.0. The molecule has 2 bridgehead atoms. The van der Waals surface area contributed by atoms with Crippen LogP contribution < -0.4 is 9.84 Å². The van der Waals surface area contributed by atoms with Gasteiger partial charge in [-0.3, -0.25) is 9.59 Å². The number of alkyl halides is 2. The second-order valence-electron chi connectivity index (χ2n) is 12.5. The number of esters is 4. The Balaban J connectivity index is 1.24. The summed E-state index contributed by atoms with van der Waals surface area (Å²) in [4.78, 5) is 53.5. The van der Waals surface area contributed by atoms with Gasteiger partial charge >= 0.3 is 29.1 Å². The summed E-state index contributed by atoms with van der Waals surface area (Å²) in [5.74, 6) is -7.20. The third-order valence-electron chi connectivity index (χ3n) is 9.37. The molecule has 0 spiro atoms. The van der Waals surface area contributed by atoms with Crippen molar-refractivity contribution in [2.45, 2.75) is 17.1 Å². The Kier molecular flexibility index (Phi) is 12.1. The summed E-state index contributed by atoms with van der Waals surface area (Å²) < 4.78 is 81.6. The van der Waals surface area contributed by atoms with Gasteiger partial charge < -0.3 is 28.6 Å². The van der Waals surface area contributed by atoms with Crippen molar-refractivity contribution in [3.8, 4) is 11.5 Å². The van der Waals surface area contributed by atoms with Gasteiger partial charge in [-0.2, -0.15) is 8.78 Å². The second-order valence-corrected chi connectivity index (χ2v) is 17.5. The van der Waals surface area contributed by atoms with Crippen LogP contribution in [0.4, 0.5) is 8.78 Å². The molecule has 0 heterocycles. The Morgan fingerprint density at radius 1 is 0.722 bits per heavy atom. The van der Waals surface area contributed by atoms with Gasteiger partial charge in [0, 0.05) is 15.4 Å². The van der Waals surface area contributed by atoms with E-state index in [1.807, 2.05) is 71.2 Å². The molecule has 0 radical (unpaired) electrons. The molecule has 6 atom stereocenters. The zero-order chi connectivity index (χ0) is 39.1. The average molecular weight is 1100 g/mol. The van der Waals surface area contributed by atoms with Gasteiger partial charge in [-0.1, -0.05) is 60.4 Å². The molecule has 1 saturated carbocycles. The summed E-state index contributed by atoms with van der Waals surface area (Å²) in [6.07, 6.45) is 7.77. The van der Waals surface area contributed by atoms with E-state index in [4.69, 9.17) is 14.2 Å². The Bertz CT molecular complexity index is 2190. The molecule has 12 nitrogen and oxygen atoms in total.